The molecule has 152 valence electrons. The normalized spacial score (nSPS) is 19.4. The van der Waals surface area contributed by atoms with Crippen molar-refractivity contribution in [3.05, 3.63) is 47.5 Å². The van der Waals surface area contributed by atoms with E-state index < -0.39 is 5.97 Å². The highest BCUT2D eigenvalue weighted by Gasteiger charge is 2.32. The van der Waals surface area contributed by atoms with E-state index >= 15 is 0 Å². The highest BCUT2D eigenvalue weighted by Crippen LogP contribution is 2.34. The molecule has 0 radical (unpaired) electrons. The molecule has 1 aliphatic rings. The van der Waals surface area contributed by atoms with Gasteiger partial charge in [0.05, 0.1) is 0 Å². The molecule has 2 atom stereocenters. The summed E-state index contributed by atoms with van der Waals surface area (Å²) in [6, 6.07) is 7.78. The third-order valence-corrected chi connectivity index (χ3v) is 5.58. The van der Waals surface area contributed by atoms with Crippen LogP contribution in [0.5, 0.6) is 0 Å². The standard InChI is InChI=1S/C24H32O4/c1-2-7-18-10-12-20(13-11-18)22(25)16-14-19-15-17-23(26)21(19)8-5-3-4-6-9-24(27)28/h10-14,16,19,21H,2-9,15,17H2,1H3,(H,27,28)/t19-,21+/m0/s1. The second-order valence-electron chi connectivity index (χ2n) is 7.79. The maximum absolute atomic E-state index is 12.4. The molecule has 0 heterocycles. The number of ketones is 2. The third kappa shape index (κ3) is 7.06. The Balaban J connectivity index is 1.82. The van der Waals surface area contributed by atoms with Crippen LogP contribution in [0.3, 0.4) is 0 Å². The van der Waals surface area contributed by atoms with E-state index in [2.05, 4.69) is 6.92 Å². The predicted molar refractivity (Wildman–Crippen MR) is 110 cm³/mol. The van der Waals surface area contributed by atoms with Gasteiger partial charge in [-0.2, -0.15) is 0 Å². The molecule has 1 N–H and O–H groups in total. The lowest BCUT2D eigenvalue weighted by Gasteiger charge is -2.14. The summed E-state index contributed by atoms with van der Waals surface area (Å²) in [4.78, 5) is 35.2. The van der Waals surface area contributed by atoms with Crippen LogP contribution in [0.25, 0.3) is 0 Å². The number of Topliss-reactive ketones (excluding diaryl/α,β-unsaturated/α-hetero) is 1. The number of aryl methyl sites for hydroxylation is 1. The SMILES string of the molecule is CCCc1ccc(C(=O)C=C[C@H]2CCC(=O)[C@@H]2CCCCCCC(=O)O)cc1. The van der Waals surface area contributed by atoms with E-state index in [1.165, 1.54) is 5.56 Å². The van der Waals surface area contributed by atoms with Gasteiger partial charge in [-0.05, 0) is 43.2 Å². The Morgan fingerprint density at radius 2 is 1.82 bits per heavy atom. The molecule has 1 saturated carbocycles. The lowest BCUT2D eigenvalue weighted by molar-refractivity contribution is -0.137. The van der Waals surface area contributed by atoms with E-state index in [0.717, 1.165) is 44.9 Å². The molecule has 0 amide bonds. The molecule has 0 bridgehead atoms. The van der Waals surface area contributed by atoms with Crippen molar-refractivity contribution in [3.8, 4) is 0 Å². The lowest BCUT2D eigenvalue weighted by atomic mass is 9.89. The van der Waals surface area contributed by atoms with Crippen LogP contribution >= 0.6 is 0 Å². The van der Waals surface area contributed by atoms with Gasteiger partial charge in [0, 0.05) is 24.3 Å². The van der Waals surface area contributed by atoms with Crippen molar-refractivity contribution >= 4 is 17.5 Å². The van der Waals surface area contributed by atoms with Gasteiger partial charge >= 0.3 is 5.97 Å². The molecular formula is C24H32O4. The van der Waals surface area contributed by atoms with Crippen molar-refractivity contribution in [2.24, 2.45) is 11.8 Å². The largest absolute Gasteiger partial charge is 0.481 e. The van der Waals surface area contributed by atoms with E-state index in [1.54, 1.807) is 6.08 Å². The molecule has 28 heavy (non-hydrogen) atoms. The second kappa shape index (κ2) is 11.6. The van der Waals surface area contributed by atoms with E-state index in [1.807, 2.05) is 30.3 Å². The summed E-state index contributed by atoms with van der Waals surface area (Å²) in [6.45, 7) is 2.14. The number of aliphatic carboxylic acids is 1. The Kier molecular flexibility index (Phi) is 9.12. The Labute approximate surface area is 168 Å². The van der Waals surface area contributed by atoms with Crippen LogP contribution in [0.4, 0.5) is 0 Å². The van der Waals surface area contributed by atoms with Gasteiger partial charge in [0.1, 0.15) is 5.78 Å². The fraction of sp³-hybridized carbons (Fsp3) is 0.542. The number of unbranched alkanes of at least 4 members (excludes halogenated alkanes) is 3. The summed E-state index contributed by atoms with van der Waals surface area (Å²) in [5.41, 5.74) is 1.93. The Morgan fingerprint density at radius 1 is 1.11 bits per heavy atom. The molecule has 0 spiro atoms. The molecule has 1 aromatic rings. The Hall–Kier alpha value is -2.23. The molecule has 1 aromatic carbocycles. The zero-order valence-electron chi connectivity index (χ0n) is 16.9. The smallest absolute Gasteiger partial charge is 0.303 e. The van der Waals surface area contributed by atoms with Crippen LogP contribution in [0.1, 0.15) is 80.6 Å². The van der Waals surface area contributed by atoms with Gasteiger partial charge in [0.25, 0.3) is 0 Å². The number of allylic oxidation sites excluding steroid dienone is 2. The van der Waals surface area contributed by atoms with Crippen LogP contribution in [-0.2, 0) is 16.0 Å². The van der Waals surface area contributed by atoms with Crippen molar-refractivity contribution in [3.63, 3.8) is 0 Å². The fourth-order valence-corrected chi connectivity index (χ4v) is 3.97. The maximum Gasteiger partial charge on any atom is 0.303 e. The van der Waals surface area contributed by atoms with Gasteiger partial charge in [0.15, 0.2) is 5.78 Å². The molecule has 0 aromatic heterocycles. The number of benzene rings is 1. The maximum atomic E-state index is 12.4. The van der Waals surface area contributed by atoms with Crippen LogP contribution < -0.4 is 0 Å². The molecule has 1 fully saturated rings. The van der Waals surface area contributed by atoms with E-state index in [-0.39, 0.29) is 24.0 Å². The topological polar surface area (TPSA) is 71.4 Å². The number of carboxylic acids is 1. The summed E-state index contributed by atoms with van der Waals surface area (Å²) >= 11 is 0. The van der Waals surface area contributed by atoms with Gasteiger partial charge in [0.2, 0.25) is 0 Å². The van der Waals surface area contributed by atoms with Gasteiger partial charge in [-0.25, -0.2) is 0 Å². The molecule has 4 heteroatoms. The molecule has 2 rings (SSSR count). The Bertz CT molecular complexity index is 687. The molecule has 0 unspecified atom stereocenters. The Morgan fingerprint density at radius 3 is 2.50 bits per heavy atom. The number of carbonyl (C=O) groups excluding carboxylic acids is 2. The average molecular weight is 385 g/mol. The van der Waals surface area contributed by atoms with Gasteiger partial charge in [-0.15, -0.1) is 0 Å². The first kappa shape index (κ1) is 22.1. The minimum atomic E-state index is -0.749. The molecular weight excluding hydrogens is 352 g/mol. The predicted octanol–water partition coefficient (Wildman–Crippen LogP) is 5.40. The average Bonchev–Trinajstić information content (AvgIpc) is 3.03. The minimum Gasteiger partial charge on any atom is -0.481 e. The first-order valence-electron chi connectivity index (χ1n) is 10.6. The van der Waals surface area contributed by atoms with Crippen molar-refractivity contribution < 1.29 is 19.5 Å². The summed E-state index contributed by atoms with van der Waals surface area (Å²) in [6.07, 6.45) is 11.6. The molecule has 1 aliphatic carbocycles. The van der Waals surface area contributed by atoms with E-state index in [4.69, 9.17) is 5.11 Å². The summed E-state index contributed by atoms with van der Waals surface area (Å²) in [5.74, 6) is -0.294. The van der Waals surface area contributed by atoms with Crippen LogP contribution in [0, 0.1) is 11.8 Å². The number of hydrogen-bond acceptors (Lipinski definition) is 3. The molecule has 0 aliphatic heterocycles. The number of carbonyl (C=O) groups is 3. The number of rotatable bonds is 12. The summed E-state index contributed by atoms with van der Waals surface area (Å²) in [5, 5.41) is 8.66. The van der Waals surface area contributed by atoms with Gasteiger partial charge < -0.3 is 5.11 Å². The zero-order valence-corrected chi connectivity index (χ0v) is 16.9. The lowest BCUT2D eigenvalue weighted by Crippen LogP contribution is -2.13. The summed E-state index contributed by atoms with van der Waals surface area (Å²) < 4.78 is 0. The van der Waals surface area contributed by atoms with Crippen LogP contribution in [-0.4, -0.2) is 22.6 Å². The van der Waals surface area contributed by atoms with Crippen molar-refractivity contribution in [2.75, 3.05) is 0 Å². The van der Waals surface area contributed by atoms with Crippen molar-refractivity contribution in [2.45, 2.75) is 71.1 Å². The van der Waals surface area contributed by atoms with Gasteiger partial charge in [-0.3, -0.25) is 14.4 Å². The first-order valence-corrected chi connectivity index (χ1v) is 10.6. The number of carboxylic acid groups (broad SMARTS) is 1. The monoisotopic (exact) mass is 384 g/mol. The molecule has 0 saturated heterocycles. The quantitative estimate of drug-likeness (QED) is 0.298. The van der Waals surface area contributed by atoms with Crippen LogP contribution in [0.15, 0.2) is 36.4 Å². The highest BCUT2D eigenvalue weighted by molar-refractivity contribution is 6.04. The fourth-order valence-electron chi connectivity index (χ4n) is 3.97. The molecule has 4 nitrogen and oxygen atoms in total. The number of hydrogen-bond donors (Lipinski definition) is 1. The van der Waals surface area contributed by atoms with E-state index in [0.29, 0.717) is 24.2 Å². The van der Waals surface area contributed by atoms with Crippen LogP contribution in [0.2, 0.25) is 0 Å². The van der Waals surface area contributed by atoms with E-state index in [9.17, 15) is 14.4 Å². The van der Waals surface area contributed by atoms with Gasteiger partial charge in [-0.1, -0.05) is 62.9 Å². The first-order chi connectivity index (χ1) is 13.5. The van der Waals surface area contributed by atoms with Crippen molar-refractivity contribution in [1.29, 1.82) is 0 Å². The minimum absolute atomic E-state index is 0.00480. The van der Waals surface area contributed by atoms with Crippen molar-refractivity contribution in [1.82, 2.24) is 0 Å². The summed E-state index contributed by atoms with van der Waals surface area (Å²) in [7, 11) is 0. The highest BCUT2D eigenvalue weighted by atomic mass is 16.4. The zero-order chi connectivity index (χ0) is 20.4. The third-order valence-electron chi connectivity index (χ3n) is 5.58. The second-order valence-corrected chi connectivity index (χ2v) is 7.79.